The molecule has 3 unspecified atom stereocenters. The average molecular weight is 334 g/mol. The van der Waals surface area contributed by atoms with Crippen LogP contribution in [0.15, 0.2) is 24.3 Å². The van der Waals surface area contributed by atoms with E-state index in [0.717, 1.165) is 25.7 Å². The number of likely N-dealkylation sites (tertiary alicyclic amines) is 1. The fraction of sp³-hybridized carbons (Fsp3) is 0.588. The summed E-state index contributed by atoms with van der Waals surface area (Å²) in [5.41, 5.74) is 0.0258. The molecule has 0 amide bonds. The van der Waals surface area contributed by atoms with E-state index in [4.69, 9.17) is 4.74 Å². The third-order valence-corrected chi connectivity index (χ3v) is 5.17. The number of nitro benzene ring substituents is 1. The number of hydrogen-bond acceptors (Lipinski definition) is 5. The standard InChI is InChI=1S/C17H22N2O5/c20-17(21)16-11-12-3-1-2-4-15(12)18(16)9-10-24-14-7-5-13(6-8-14)19(22)23/h5-8,12,15-16H,1-4,9-11H2,(H,20,21). The summed E-state index contributed by atoms with van der Waals surface area (Å²) >= 11 is 0. The molecule has 0 bridgehead atoms. The normalized spacial score (nSPS) is 26.8. The van der Waals surface area contributed by atoms with E-state index in [-0.39, 0.29) is 5.69 Å². The lowest BCUT2D eigenvalue weighted by Crippen LogP contribution is -2.44. The van der Waals surface area contributed by atoms with Crippen molar-refractivity contribution in [3.05, 3.63) is 34.4 Å². The van der Waals surface area contributed by atoms with E-state index >= 15 is 0 Å². The monoisotopic (exact) mass is 334 g/mol. The lowest BCUT2D eigenvalue weighted by Gasteiger charge is -2.32. The average Bonchev–Trinajstić information content (AvgIpc) is 2.94. The molecule has 3 rings (SSSR count). The molecule has 130 valence electrons. The van der Waals surface area contributed by atoms with Gasteiger partial charge >= 0.3 is 5.97 Å². The first-order valence-electron chi connectivity index (χ1n) is 8.42. The van der Waals surface area contributed by atoms with Crippen molar-refractivity contribution >= 4 is 11.7 Å². The quantitative estimate of drug-likeness (QED) is 0.635. The Morgan fingerprint density at radius 2 is 2.00 bits per heavy atom. The number of nitro groups is 1. The summed E-state index contributed by atoms with van der Waals surface area (Å²) in [6, 6.07) is 5.88. The number of carboxylic acid groups (broad SMARTS) is 1. The van der Waals surface area contributed by atoms with Crippen LogP contribution in [0.4, 0.5) is 5.69 Å². The van der Waals surface area contributed by atoms with Crippen LogP contribution in [0.25, 0.3) is 0 Å². The van der Waals surface area contributed by atoms with Crippen molar-refractivity contribution < 1.29 is 19.6 Å². The maximum atomic E-state index is 11.5. The Kier molecular flexibility index (Phi) is 4.99. The van der Waals surface area contributed by atoms with Crippen LogP contribution in [0.1, 0.15) is 32.1 Å². The molecular formula is C17H22N2O5. The molecule has 1 aromatic rings. The molecule has 1 saturated heterocycles. The Balaban J connectivity index is 1.57. The highest BCUT2D eigenvalue weighted by molar-refractivity contribution is 5.74. The molecular weight excluding hydrogens is 312 g/mol. The number of nitrogens with zero attached hydrogens (tertiary/aromatic N) is 2. The number of carboxylic acids is 1. The number of carbonyl (C=O) groups is 1. The van der Waals surface area contributed by atoms with Gasteiger partial charge in [0.15, 0.2) is 0 Å². The number of fused-ring (bicyclic) bond motifs is 1. The lowest BCUT2D eigenvalue weighted by molar-refractivity contribution is -0.384. The number of ether oxygens (including phenoxy) is 1. The van der Waals surface area contributed by atoms with Crippen LogP contribution in [0, 0.1) is 16.0 Å². The molecule has 1 N–H and O–H groups in total. The number of aliphatic carboxylic acids is 1. The summed E-state index contributed by atoms with van der Waals surface area (Å²) in [6.45, 7) is 0.944. The largest absolute Gasteiger partial charge is 0.492 e. The van der Waals surface area contributed by atoms with E-state index in [1.165, 1.54) is 18.6 Å². The molecule has 2 aliphatic rings. The molecule has 1 saturated carbocycles. The smallest absolute Gasteiger partial charge is 0.320 e. The second-order valence-corrected chi connectivity index (χ2v) is 6.54. The van der Waals surface area contributed by atoms with Crippen molar-refractivity contribution in [3.63, 3.8) is 0 Å². The van der Waals surface area contributed by atoms with Crippen LogP contribution in [0.5, 0.6) is 5.75 Å². The van der Waals surface area contributed by atoms with Gasteiger partial charge in [0.25, 0.3) is 5.69 Å². The molecule has 24 heavy (non-hydrogen) atoms. The predicted molar refractivity (Wildman–Crippen MR) is 87.1 cm³/mol. The minimum Gasteiger partial charge on any atom is -0.492 e. The number of rotatable bonds is 6. The first kappa shape index (κ1) is 16.7. The molecule has 3 atom stereocenters. The van der Waals surface area contributed by atoms with Gasteiger partial charge < -0.3 is 9.84 Å². The zero-order valence-corrected chi connectivity index (χ0v) is 13.5. The highest BCUT2D eigenvalue weighted by atomic mass is 16.6. The molecule has 0 radical (unpaired) electrons. The molecule has 1 aliphatic heterocycles. The highest BCUT2D eigenvalue weighted by Gasteiger charge is 2.44. The number of non-ortho nitro benzene ring substituents is 1. The van der Waals surface area contributed by atoms with Gasteiger partial charge in [0.2, 0.25) is 0 Å². The minimum atomic E-state index is -0.750. The van der Waals surface area contributed by atoms with Gasteiger partial charge in [-0.3, -0.25) is 19.8 Å². The van der Waals surface area contributed by atoms with E-state index < -0.39 is 16.9 Å². The van der Waals surface area contributed by atoms with Crippen LogP contribution in [0.2, 0.25) is 0 Å². The van der Waals surface area contributed by atoms with E-state index in [0.29, 0.717) is 30.9 Å². The van der Waals surface area contributed by atoms with E-state index in [2.05, 4.69) is 4.90 Å². The fourth-order valence-electron chi connectivity index (χ4n) is 4.05. The van der Waals surface area contributed by atoms with Gasteiger partial charge in [0.05, 0.1) is 4.92 Å². The second kappa shape index (κ2) is 7.17. The van der Waals surface area contributed by atoms with Gasteiger partial charge in [0, 0.05) is 24.7 Å². The molecule has 0 spiro atoms. The minimum absolute atomic E-state index is 0.0258. The maximum Gasteiger partial charge on any atom is 0.320 e. The number of benzene rings is 1. The second-order valence-electron chi connectivity index (χ2n) is 6.54. The van der Waals surface area contributed by atoms with Crippen molar-refractivity contribution in [2.75, 3.05) is 13.2 Å². The van der Waals surface area contributed by atoms with Crippen LogP contribution in [-0.4, -0.2) is 46.1 Å². The zero-order chi connectivity index (χ0) is 17.1. The topological polar surface area (TPSA) is 92.9 Å². The molecule has 1 aliphatic carbocycles. The summed E-state index contributed by atoms with van der Waals surface area (Å²) in [6.07, 6.45) is 5.27. The van der Waals surface area contributed by atoms with Crippen LogP contribution >= 0.6 is 0 Å². The van der Waals surface area contributed by atoms with E-state index in [9.17, 15) is 20.0 Å². The highest BCUT2D eigenvalue weighted by Crippen LogP contribution is 2.39. The van der Waals surface area contributed by atoms with Crippen molar-refractivity contribution in [1.82, 2.24) is 4.90 Å². The summed E-state index contributed by atoms with van der Waals surface area (Å²) in [7, 11) is 0. The van der Waals surface area contributed by atoms with Crippen molar-refractivity contribution in [2.24, 2.45) is 5.92 Å². The molecule has 0 aromatic heterocycles. The van der Waals surface area contributed by atoms with Crippen LogP contribution in [-0.2, 0) is 4.79 Å². The third kappa shape index (κ3) is 3.51. The summed E-state index contributed by atoms with van der Waals surface area (Å²) in [4.78, 5) is 23.8. The Hall–Kier alpha value is -2.15. The first-order chi connectivity index (χ1) is 11.6. The van der Waals surface area contributed by atoms with Crippen molar-refractivity contribution in [2.45, 2.75) is 44.2 Å². The Labute approximate surface area is 140 Å². The Bertz CT molecular complexity index is 604. The fourth-order valence-corrected chi connectivity index (χ4v) is 4.05. The zero-order valence-electron chi connectivity index (χ0n) is 13.5. The van der Waals surface area contributed by atoms with Gasteiger partial charge in [-0.1, -0.05) is 12.8 Å². The summed E-state index contributed by atoms with van der Waals surface area (Å²) in [5, 5.41) is 20.1. The van der Waals surface area contributed by atoms with Crippen LogP contribution in [0.3, 0.4) is 0 Å². The number of hydrogen-bond donors (Lipinski definition) is 1. The Morgan fingerprint density at radius 1 is 1.29 bits per heavy atom. The molecule has 1 heterocycles. The molecule has 7 nitrogen and oxygen atoms in total. The van der Waals surface area contributed by atoms with Gasteiger partial charge in [-0.2, -0.15) is 0 Å². The first-order valence-corrected chi connectivity index (χ1v) is 8.42. The Morgan fingerprint density at radius 3 is 2.67 bits per heavy atom. The van der Waals surface area contributed by atoms with Crippen molar-refractivity contribution in [1.29, 1.82) is 0 Å². The maximum absolute atomic E-state index is 11.5. The molecule has 2 fully saturated rings. The summed E-state index contributed by atoms with van der Waals surface area (Å²) < 4.78 is 5.65. The van der Waals surface area contributed by atoms with Crippen molar-refractivity contribution in [3.8, 4) is 5.75 Å². The molecule has 1 aromatic carbocycles. The molecule has 7 heteroatoms. The van der Waals surface area contributed by atoms with Gasteiger partial charge in [0.1, 0.15) is 18.4 Å². The SMILES string of the molecule is O=C(O)C1CC2CCCCC2N1CCOc1ccc([N+](=O)[O-])cc1. The summed E-state index contributed by atoms with van der Waals surface area (Å²) in [5.74, 6) is 0.297. The van der Waals surface area contributed by atoms with Gasteiger partial charge in [-0.25, -0.2) is 0 Å². The van der Waals surface area contributed by atoms with Crippen LogP contribution < -0.4 is 4.74 Å². The lowest BCUT2D eigenvalue weighted by atomic mass is 9.85. The van der Waals surface area contributed by atoms with Gasteiger partial charge in [-0.05, 0) is 37.3 Å². The third-order valence-electron chi connectivity index (χ3n) is 5.17. The van der Waals surface area contributed by atoms with E-state index in [1.807, 2.05) is 0 Å². The van der Waals surface area contributed by atoms with E-state index in [1.54, 1.807) is 12.1 Å². The predicted octanol–water partition coefficient (Wildman–Crippen LogP) is 2.69. The van der Waals surface area contributed by atoms with Gasteiger partial charge in [-0.15, -0.1) is 0 Å².